The van der Waals surface area contributed by atoms with Crippen molar-refractivity contribution in [1.29, 1.82) is 0 Å². The van der Waals surface area contributed by atoms with Crippen LogP contribution in [0.5, 0.6) is 0 Å². The Bertz CT molecular complexity index is 1640. The summed E-state index contributed by atoms with van der Waals surface area (Å²) in [6, 6.07) is -0.841. The normalized spacial score (nSPS) is 38.9. The fourth-order valence-electron chi connectivity index (χ4n) is 10.7. The summed E-state index contributed by atoms with van der Waals surface area (Å²) in [4.78, 5) is 44.8. The van der Waals surface area contributed by atoms with E-state index in [2.05, 4.69) is 13.0 Å². The number of aliphatic hydroxyl groups is 3. The zero-order valence-electron chi connectivity index (χ0n) is 41.5. The second-order valence-electron chi connectivity index (χ2n) is 20.1. The van der Waals surface area contributed by atoms with E-state index in [1.807, 2.05) is 52.0 Å². The van der Waals surface area contributed by atoms with E-state index in [1.165, 1.54) is 7.11 Å². The number of ketones is 1. The highest BCUT2D eigenvalue weighted by atomic mass is 16.7. The van der Waals surface area contributed by atoms with Crippen molar-refractivity contribution < 1.29 is 58.1 Å². The van der Waals surface area contributed by atoms with Crippen LogP contribution in [-0.2, 0) is 42.8 Å². The number of carbonyl (C=O) groups is 3. The lowest BCUT2D eigenvalue weighted by molar-refractivity contribution is -0.297. The van der Waals surface area contributed by atoms with Gasteiger partial charge in [-0.2, -0.15) is 0 Å². The van der Waals surface area contributed by atoms with E-state index in [4.69, 9.17) is 28.4 Å². The Kier molecular flexibility index (Phi) is 22.0. The standard InChI is InChI=1S/C52H85NO12/c1-32-17-13-12-14-18-33(2)44(60-8)29-40-22-20-38(7)52(63-11,65-40)31-47(56)53-24-16-15-19-41(53)51(59)64-45(35(4)27-39-21-23-42(54)46(28-39)61-9)30-43(55)34(3)26-37(6)49(58)50(62-10)48(57)36(5)25-32/h12-14,17-18,26,32,35-42,44-46,48-50,54,57-58H,15-16,19-25,27-31H2,1-11H3/t32-,35-,36?,37?,38?,39?,40+,41?,42-,44+,45+,46?,48+,49?,50?,52?/m1/s1. The summed E-state index contributed by atoms with van der Waals surface area (Å²) in [5.41, 5.74) is 1.43. The average Bonchev–Trinajstić information content (AvgIpc) is 3.28. The summed E-state index contributed by atoms with van der Waals surface area (Å²) in [6.45, 7) is 14.0. The van der Waals surface area contributed by atoms with Gasteiger partial charge in [-0.05, 0) is 113 Å². The van der Waals surface area contributed by atoms with E-state index < -0.39 is 54.2 Å². The number of carbonyl (C=O) groups excluding carboxylic acids is 3. The maximum Gasteiger partial charge on any atom is 0.329 e. The Balaban J connectivity index is 1.69. The molecule has 2 bridgehead atoms. The molecule has 65 heavy (non-hydrogen) atoms. The van der Waals surface area contributed by atoms with Crippen molar-refractivity contribution in [3.8, 4) is 0 Å². The number of nitrogens with zero attached hydrogens (tertiary/aromatic N) is 1. The molecule has 1 aliphatic carbocycles. The summed E-state index contributed by atoms with van der Waals surface area (Å²) in [5, 5.41) is 33.5. The van der Waals surface area contributed by atoms with E-state index in [0.717, 1.165) is 37.7 Å². The summed E-state index contributed by atoms with van der Waals surface area (Å²) in [5.74, 6) is -3.01. The maximum absolute atomic E-state index is 14.5. The molecule has 370 valence electrons. The molecule has 1 saturated carbocycles. The number of rotatable bonds is 7. The van der Waals surface area contributed by atoms with Gasteiger partial charge in [0.1, 0.15) is 18.2 Å². The Hall–Kier alpha value is -2.75. The first-order chi connectivity index (χ1) is 30.9. The quantitative estimate of drug-likeness (QED) is 0.216. The van der Waals surface area contributed by atoms with Crippen molar-refractivity contribution in [2.24, 2.45) is 35.5 Å². The number of fused-ring (bicyclic) bond motifs is 3. The number of hydrogen-bond acceptors (Lipinski definition) is 12. The van der Waals surface area contributed by atoms with Crippen LogP contribution in [0, 0.1) is 35.5 Å². The number of methoxy groups -OCH3 is 4. The Labute approximate surface area is 390 Å². The van der Waals surface area contributed by atoms with Crippen LogP contribution < -0.4 is 0 Å². The third kappa shape index (κ3) is 15.1. The maximum atomic E-state index is 14.5. The largest absolute Gasteiger partial charge is 0.460 e. The molecule has 0 aromatic heterocycles. The van der Waals surface area contributed by atoms with Gasteiger partial charge in [0, 0.05) is 59.7 Å². The van der Waals surface area contributed by atoms with Gasteiger partial charge in [0.2, 0.25) is 5.91 Å². The molecule has 4 aliphatic rings. The average molecular weight is 916 g/mol. The van der Waals surface area contributed by atoms with Crippen molar-refractivity contribution in [1.82, 2.24) is 4.90 Å². The smallest absolute Gasteiger partial charge is 0.329 e. The van der Waals surface area contributed by atoms with Gasteiger partial charge < -0.3 is 48.6 Å². The summed E-state index contributed by atoms with van der Waals surface area (Å²) >= 11 is 0. The van der Waals surface area contributed by atoms with E-state index in [9.17, 15) is 29.7 Å². The number of allylic oxidation sites excluding steroid dienone is 6. The van der Waals surface area contributed by atoms with Crippen LogP contribution in [-0.4, -0.2) is 134 Å². The lowest BCUT2D eigenvalue weighted by atomic mass is 9.78. The highest BCUT2D eigenvalue weighted by Gasteiger charge is 2.48. The van der Waals surface area contributed by atoms with Gasteiger partial charge in [0.15, 0.2) is 11.6 Å². The van der Waals surface area contributed by atoms with Gasteiger partial charge in [-0.25, -0.2) is 4.79 Å². The third-order valence-electron chi connectivity index (χ3n) is 15.1. The lowest BCUT2D eigenvalue weighted by Gasteiger charge is -2.46. The number of ether oxygens (including phenoxy) is 6. The minimum Gasteiger partial charge on any atom is -0.460 e. The number of cyclic esters (lactones) is 1. The van der Waals surface area contributed by atoms with Crippen LogP contribution in [0.3, 0.4) is 0 Å². The van der Waals surface area contributed by atoms with Crippen molar-refractivity contribution in [2.45, 2.75) is 193 Å². The molecule has 0 radical (unpaired) electrons. The minimum absolute atomic E-state index is 0.0643. The number of hydrogen-bond donors (Lipinski definition) is 3. The topological polar surface area (TPSA) is 171 Å². The van der Waals surface area contributed by atoms with Gasteiger partial charge >= 0.3 is 5.97 Å². The number of esters is 1. The zero-order chi connectivity index (χ0) is 48.0. The Morgan fingerprint density at radius 3 is 2.26 bits per heavy atom. The zero-order valence-corrected chi connectivity index (χ0v) is 41.5. The van der Waals surface area contributed by atoms with Crippen LogP contribution in [0.1, 0.15) is 132 Å². The third-order valence-corrected chi connectivity index (χ3v) is 15.1. The first-order valence-electron chi connectivity index (χ1n) is 24.5. The first-order valence-corrected chi connectivity index (χ1v) is 24.5. The van der Waals surface area contributed by atoms with Gasteiger partial charge in [0.05, 0.1) is 43.0 Å². The molecule has 2 saturated heterocycles. The van der Waals surface area contributed by atoms with Gasteiger partial charge in [-0.3, -0.25) is 9.59 Å². The van der Waals surface area contributed by atoms with E-state index in [0.29, 0.717) is 50.6 Å². The molecule has 1 amide bonds. The van der Waals surface area contributed by atoms with Crippen LogP contribution >= 0.6 is 0 Å². The molecule has 0 aromatic rings. The fourth-order valence-corrected chi connectivity index (χ4v) is 10.7. The number of Topliss-reactive ketones (excluding diaryl/α,β-unsaturated/α-hetero) is 1. The molecular formula is C52H85NO12. The van der Waals surface area contributed by atoms with Crippen LogP contribution in [0.2, 0.25) is 0 Å². The van der Waals surface area contributed by atoms with Crippen molar-refractivity contribution in [3.05, 3.63) is 47.6 Å². The van der Waals surface area contributed by atoms with Crippen LogP contribution in [0.4, 0.5) is 0 Å². The monoisotopic (exact) mass is 916 g/mol. The Morgan fingerprint density at radius 1 is 0.846 bits per heavy atom. The molecule has 4 rings (SSSR count). The SMILES string of the molecule is COC1C(O)C(C)C=C(C)C(=O)C[C@@H]([C@H](C)CC2CC[C@@H](O)C(OC)C2)OC(=O)C2CCCCN2C(=O)CC2(OC)O[C@@H](CCC2C)C[C@H](OC)C(C)=CC=CC=C[C@@H](C)CC(C)[C@@H]1O. The van der Waals surface area contributed by atoms with Crippen LogP contribution in [0.15, 0.2) is 47.6 Å². The van der Waals surface area contributed by atoms with Crippen molar-refractivity contribution in [3.63, 3.8) is 0 Å². The fraction of sp³-hybridized carbons (Fsp3) is 0.788. The predicted octanol–water partition coefficient (Wildman–Crippen LogP) is 7.45. The second kappa shape index (κ2) is 26.1. The van der Waals surface area contributed by atoms with Gasteiger partial charge in [0.25, 0.3) is 0 Å². The lowest BCUT2D eigenvalue weighted by Crippen LogP contribution is -2.55. The molecule has 13 heteroatoms. The summed E-state index contributed by atoms with van der Waals surface area (Å²) < 4.78 is 36.6. The van der Waals surface area contributed by atoms with Crippen LogP contribution in [0.25, 0.3) is 0 Å². The van der Waals surface area contributed by atoms with Crippen molar-refractivity contribution >= 4 is 17.7 Å². The molecule has 3 heterocycles. The van der Waals surface area contributed by atoms with Crippen molar-refractivity contribution in [2.75, 3.05) is 35.0 Å². The highest BCUT2D eigenvalue weighted by molar-refractivity contribution is 5.95. The van der Waals surface area contributed by atoms with Gasteiger partial charge in [-0.1, -0.05) is 71.1 Å². The molecule has 0 spiro atoms. The Morgan fingerprint density at radius 2 is 1.58 bits per heavy atom. The molecule has 16 atom stereocenters. The highest BCUT2D eigenvalue weighted by Crippen LogP contribution is 2.41. The number of amides is 1. The molecule has 9 unspecified atom stereocenters. The molecule has 13 nitrogen and oxygen atoms in total. The molecule has 3 aliphatic heterocycles. The predicted molar refractivity (Wildman–Crippen MR) is 251 cm³/mol. The summed E-state index contributed by atoms with van der Waals surface area (Å²) in [7, 11) is 6.34. The molecule has 3 fully saturated rings. The second-order valence-corrected chi connectivity index (χ2v) is 20.1. The number of piperidine rings is 1. The van der Waals surface area contributed by atoms with E-state index >= 15 is 0 Å². The first kappa shape index (κ1) is 54.9. The minimum atomic E-state index is -1.20. The molecular weight excluding hydrogens is 831 g/mol. The van der Waals surface area contributed by atoms with Gasteiger partial charge in [-0.15, -0.1) is 0 Å². The van der Waals surface area contributed by atoms with E-state index in [1.54, 1.807) is 46.2 Å². The molecule has 0 aromatic carbocycles. The summed E-state index contributed by atoms with van der Waals surface area (Å²) in [6.07, 6.45) is 13.9. The number of aliphatic hydroxyl groups excluding tert-OH is 3. The molecule has 3 N–H and O–H groups in total. The van der Waals surface area contributed by atoms with E-state index in [-0.39, 0.29) is 72.4 Å².